The molecule has 0 bridgehead atoms. The van der Waals surface area contributed by atoms with Crippen molar-refractivity contribution in [3.05, 3.63) is 0 Å². The van der Waals surface area contributed by atoms with E-state index in [2.05, 4.69) is 39.6 Å². The topological polar surface area (TPSA) is 12.5 Å². The molecule has 0 atom stereocenters. The molecule has 80 valence electrons. The lowest BCUT2D eigenvalue weighted by Crippen LogP contribution is -2.26. The summed E-state index contributed by atoms with van der Waals surface area (Å²) in [5.74, 6) is 0.800. The Morgan fingerprint density at radius 1 is 1.08 bits per heavy atom. The van der Waals surface area contributed by atoms with Crippen LogP contribution in [-0.4, -0.2) is 37.7 Å². The Hall–Kier alpha value is -0.0800. The number of nitrogens with zero attached hydrogens (tertiary/aromatic N) is 1. The standard InChI is InChI=1S/C11H25NO/c1-10(2)6-7-12(5)8-9-13-11(3)4/h10-11H,6-9H2,1-5H3. The number of ether oxygens (including phenoxy) is 1. The second-order valence-corrected chi connectivity index (χ2v) is 4.41. The molecule has 0 aliphatic rings. The summed E-state index contributed by atoms with van der Waals surface area (Å²) < 4.78 is 5.48. The molecular weight excluding hydrogens is 162 g/mol. The summed E-state index contributed by atoms with van der Waals surface area (Å²) in [5, 5.41) is 0. The molecule has 0 unspecified atom stereocenters. The summed E-state index contributed by atoms with van der Waals surface area (Å²) >= 11 is 0. The highest BCUT2D eigenvalue weighted by Gasteiger charge is 2.00. The van der Waals surface area contributed by atoms with Crippen molar-refractivity contribution < 1.29 is 4.74 Å². The molecule has 0 spiro atoms. The molecule has 0 aromatic carbocycles. The minimum Gasteiger partial charge on any atom is -0.377 e. The highest BCUT2D eigenvalue weighted by Crippen LogP contribution is 2.00. The zero-order chi connectivity index (χ0) is 10.3. The van der Waals surface area contributed by atoms with Crippen LogP contribution in [0.25, 0.3) is 0 Å². The van der Waals surface area contributed by atoms with Gasteiger partial charge in [0, 0.05) is 6.54 Å². The van der Waals surface area contributed by atoms with Gasteiger partial charge in [0.1, 0.15) is 0 Å². The first-order chi connectivity index (χ1) is 6.02. The van der Waals surface area contributed by atoms with E-state index in [1.165, 1.54) is 13.0 Å². The molecule has 0 aromatic rings. The normalized spacial score (nSPS) is 12.0. The van der Waals surface area contributed by atoms with Crippen molar-refractivity contribution in [2.24, 2.45) is 5.92 Å². The first-order valence-electron chi connectivity index (χ1n) is 5.32. The van der Waals surface area contributed by atoms with Crippen LogP contribution in [0.4, 0.5) is 0 Å². The molecule has 0 N–H and O–H groups in total. The van der Waals surface area contributed by atoms with Crippen LogP contribution < -0.4 is 0 Å². The third-order valence-electron chi connectivity index (χ3n) is 2.01. The zero-order valence-electron chi connectivity index (χ0n) is 9.84. The van der Waals surface area contributed by atoms with E-state index in [1.54, 1.807) is 0 Å². The Bertz CT molecular complexity index is 113. The van der Waals surface area contributed by atoms with Crippen LogP contribution in [0, 0.1) is 5.92 Å². The van der Waals surface area contributed by atoms with Gasteiger partial charge >= 0.3 is 0 Å². The Morgan fingerprint density at radius 2 is 1.69 bits per heavy atom. The number of hydrogen-bond donors (Lipinski definition) is 0. The fraction of sp³-hybridized carbons (Fsp3) is 1.00. The second kappa shape index (κ2) is 7.34. The lowest BCUT2D eigenvalue weighted by Gasteiger charge is -2.18. The summed E-state index contributed by atoms with van der Waals surface area (Å²) in [6.07, 6.45) is 1.64. The molecule has 0 fully saturated rings. The third kappa shape index (κ3) is 9.84. The Balaban J connectivity index is 3.25. The fourth-order valence-electron chi connectivity index (χ4n) is 1.03. The van der Waals surface area contributed by atoms with Crippen LogP contribution in [0.15, 0.2) is 0 Å². The van der Waals surface area contributed by atoms with Gasteiger partial charge in [-0.15, -0.1) is 0 Å². The molecule has 0 saturated heterocycles. The fourth-order valence-corrected chi connectivity index (χ4v) is 1.03. The van der Waals surface area contributed by atoms with Crippen molar-refractivity contribution in [2.45, 2.75) is 40.2 Å². The van der Waals surface area contributed by atoms with Gasteiger partial charge in [0.2, 0.25) is 0 Å². The molecule has 2 heteroatoms. The first-order valence-corrected chi connectivity index (χ1v) is 5.32. The second-order valence-electron chi connectivity index (χ2n) is 4.41. The van der Waals surface area contributed by atoms with Crippen LogP contribution in [0.1, 0.15) is 34.1 Å². The molecule has 0 heterocycles. The van der Waals surface area contributed by atoms with Gasteiger partial charge in [0.15, 0.2) is 0 Å². The lowest BCUT2D eigenvalue weighted by atomic mass is 10.1. The van der Waals surface area contributed by atoms with E-state index < -0.39 is 0 Å². The lowest BCUT2D eigenvalue weighted by molar-refractivity contribution is 0.0632. The molecule has 0 amide bonds. The van der Waals surface area contributed by atoms with Gasteiger partial charge in [-0.2, -0.15) is 0 Å². The van der Waals surface area contributed by atoms with Gasteiger partial charge in [-0.1, -0.05) is 13.8 Å². The first kappa shape index (κ1) is 12.9. The molecule has 0 aromatic heterocycles. The van der Waals surface area contributed by atoms with E-state index in [1.807, 2.05) is 0 Å². The number of likely N-dealkylation sites (N-methyl/N-ethyl adjacent to an activating group) is 1. The van der Waals surface area contributed by atoms with Gasteiger partial charge in [-0.05, 0) is 39.8 Å². The summed E-state index contributed by atoms with van der Waals surface area (Å²) in [6.45, 7) is 11.8. The van der Waals surface area contributed by atoms with Crippen LogP contribution >= 0.6 is 0 Å². The average Bonchev–Trinajstić information content (AvgIpc) is 2.00. The van der Waals surface area contributed by atoms with Crippen LogP contribution in [-0.2, 0) is 4.74 Å². The zero-order valence-corrected chi connectivity index (χ0v) is 9.84. The maximum absolute atomic E-state index is 5.48. The van der Waals surface area contributed by atoms with Crippen molar-refractivity contribution in [1.82, 2.24) is 4.90 Å². The quantitative estimate of drug-likeness (QED) is 0.607. The predicted molar refractivity (Wildman–Crippen MR) is 58.0 cm³/mol. The number of rotatable bonds is 7. The molecule has 0 saturated carbocycles. The predicted octanol–water partition coefficient (Wildman–Crippen LogP) is 2.39. The van der Waals surface area contributed by atoms with Gasteiger partial charge in [-0.25, -0.2) is 0 Å². The minimum atomic E-state index is 0.360. The molecule has 0 aliphatic heterocycles. The summed E-state index contributed by atoms with van der Waals surface area (Å²) in [4.78, 5) is 2.34. The van der Waals surface area contributed by atoms with Crippen LogP contribution in [0.2, 0.25) is 0 Å². The SMILES string of the molecule is CC(C)CCN(C)CCOC(C)C. The van der Waals surface area contributed by atoms with E-state index in [0.717, 1.165) is 19.1 Å². The van der Waals surface area contributed by atoms with Crippen molar-refractivity contribution in [3.63, 3.8) is 0 Å². The van der Waals surface area contributed by atoms with Crippen molar-refractivity contribution in [3.8, 4) is 0 Å². The largest absolute Gasteiger partial charge is 0.377 e. The molecular formula is C11H25NO. The molecule has 0 radical (unpaired) electrons. The van der Waals surface area contributed by atoms with E-state index in [4.69, 9.17) is 4.74 Å². The molecule has 0 aliphatic carbocycles. The Labute approximate surface area is 83.3 Å². The average molecular weight is 187 g/mol. The summed E-state index contributed by atoms with van der Waals surface area (Å²) in [6, 6.07) is 0. The summed E-state index contributed by atoms with van der Waals surface area (Å²) in [5.41, 5.74) is 0. The smallest absolute Gasteiger partial charge is 0.0596 e. The highest BCUT2D eigenvalue weighted by molar-refractivity contribution is 4.53. The maximum atomic E-state index is 5.48. The molecule has 13 heavy (non-hydrogen) atoms. The van der Waals surface area contributed by atoms with Gasteiger partial charge in [0.05, 0.1) is 12.7 Å². The van der Waals surface area contributed by atoms with E-state index in [0.29, 0.717) is 6.10 Å². The van der Waals surface area contributed by atoms with Gasteiger partial charge in [-0.3, -0.25) is 0 Å². The van der Waals surface area contributed by atoms with Crippen LogP contribution in [0.3, 0.4) is 0 Å². The maximum Gasteiger partial charge on any atom is 0.0596 e. The van der Waals surface area contributed by atoms with Crippen molar-refractivity contribution in [1.29, 1.82) is 0 Å². The third-order valence-corrected chi connectivity index (χ3v) is 2.01. The van der Waals surface area contributed by atoms with Crippen molar-refractivity contribution in [2.75, 3.05) is 26.7 Å². The number of hydrogen-bond acceptors (Lipinski definition) is 2. The van der Waals surface area contributed by atoms with E-state index in [-0.39, 0.29) is 0 Å². The Kier molecular flexibility index (Phi) is 7.29. The van der Waals surface area contributed by atoms with Crippen molar-refractivity contribution >= 4 is 0 Å². The molecule has 2 nitrogen and oxygen atoms in total. The van der Waals surface area contributed by atoms with Crippen LogP contribution in [0.5, 0.6) is 0 Å². The van der Waals surface area contributed by atoms with E-state index in [9.17, 15) is 0 Å². The monoisotopic (exact) mass is 187 g/mol. The summed E-state index contributed by atoms with van der Waals surface area (Å²) in [7, 11) is 2.16. The van der Waals surface area contributed by atoms with Gasteiger partial charge < -0.3 is 9.64 Å². The molecule has 0 rings (SSSR count). The van der Waals surface area contributed by atoms with E-state index >= 15 is 0 Å². The minimum absolute atomic E-state index is 0.360. The van der Waals surface area contributed by atoms with Gasteiger partial charge in [0.25, 0.3) is 0 Å². The Morgan fingerprint density at radius 3 is 2.15 bits per heavy atom. The highest BCUT2D eigenvalue weighted by atomic mass is 16.5.